The Bertz CT molecular complexity index is 655. The van der Waals surface area contributed by atoms with Gasteiger partial charge in [-0.2, -0.15) is 0 Å². The highest BCUT2D eigenvalue weighted by Crippen LogP contribution is 2.28. The van der Waals surface area contributed by atoms with Gasteiger partial charge in [0.05, 0.1) is 12.7 Å². The smallest absolute Gasteiger partial charge is 0.196 e. The SMILES string of the molecule is COc1c(C)cc(C(=O)c2c(C)oc(C)c2C)cc1C. The van der Waals surface area contributed by atoms with Crippen LogP contribution in [0.1, 0.15) is 44.1 Å². The number of hydrogen-bond donors (Lipinski definition) is 0. The van der Waals surface area contributed by atoms with E-state index in [1.54, 1.807) is 7.11 Å². The second-order valence-corrected chi connectivity index (χ2v) is 5.19. The molecule has 2 aromatic rings. The number of rotatable bonds is 3. The Hall–Kier alpha value is -2.03. The Morgan fingerprint density at radius 1 is 1.00 bits per heavy atom. The highest BCUT2D eigenvalue weighted by atomic mass is 16.5. The minimum Gasteiger partial charge on any atom is -0.496 e. The van der Waals surface area contributed by atoms with Crippen LogP contribution in [0.3, 0.4) is 0 Å². The van der Waals surface area contributed by atoms with Gasteiger partial charge >= 0.3 is 0 Å². The van der Waals surface area contributed by atoms with Crippen LogP contribution in [0.5, 0.6) is 5.75 Å². The van der Waals surface area contributed by atoms with E-state index in [-0.39, 0.29) is 5.78 Å². The lowest BCUT2D eigenvalue weighted by Crippen LogP contribution is -2.05. The van der Waals surface area contributed by atoms with Crippen molar-refractivity contribution in [2.45, 2.75) is 34.6 Å². The molecule has 0 atom stereocenters. The van der Waals surface area contributed by atoms with Gasteiger partial charge in [0, 0.05) is 11.1 Å². The van der Waals surface area contributed by atoms with E-state index in [9.17, 15) is 4.79 Å². The number of methoxy groups -OCH3 is 1. The van der Waals surface area contributed by atoms with Crippen molar-refractivity contribution < 1.29 is 13.9 Å². The van der Waals surface area contributed by atoms with E-state index in [2.05, 4.69) is 0 Å². The predicted octanol–water partition coefficient (Wildman–Crippen LogP) is 4.06. The number of carbonyl (C=O) groups is 1. The summed E-state index contributed by atoms with van der Waals surface area (Å²) < 4.78 is 10.9. The van der Waals surface area contributed by atoms with Gasteiger partial charge in [0.25, 0.3) is 0 Å². The summed E-state index contributed by atoms with van der Waals surface area (Å²) in [6.07, 6.45) is 0. The molecule has 0 aliphatic carbocycles. The van der Waals surface area contributed by atoms with Gasteiger partial charge in [0.15, 0.2) is 5.78 Å². The first-order valence-corrected chi connectivity index (χ1v) is 6.63. The molecule has 0 saturated heterocycles. The number of benzene rings is 1. The molecule has 0 aliphatic heterocycles. The Morgan fingerprint density at radius 2 is 1.55 bits per heavy atom. The Labute approximate surface area is 119 Å². The molecule has 106 valence electrons. The number of aryl methyl sites for hydroxylation is 4. The van der Waals surface area contributed by atoms with Gasteiger partial charge in [-0.1, -0.05) is 0 Å². The topological polar surface area (TPSA) is 39.4 Å². The van der Waals surface area contributed by atoms with Crippen LogP contribution in [-0.4, -0.2) is 12.9 Å². The van der Waals surface area contributed by atoms with Crippen molar-refractivity contribution in [2.75, 3.05) is 7.11 Å². The average molecular weight is 272 g/mol. The standard InChI is InChI=1S/C17H20O3/c1-9-7-14(8-10(2)17(9)19-6)16(18)15-11(3)12(4)20-13(15)5/h7-8H,1-6H3. The molecular formula is C17H20O3. The summed E-state index contributed by atoms with van der Waals surface area (Å²) in [5.41, 5.74) is 4.19. The van der Waals surface area contributed by atoms with Crippen LogP contribution in [0.15, 0.2) is 16.5 Å². The molecule has 0 bridgehead atoms. The van der Waals surface area contributed by atoms with Gasteiger partial charge in [0.1, 0.15) is 17.3 Å². The molecule has 2 rings (SSSR count). The Balaban J connectivity index is 2.54. The molecule has 0 radical (unpaired) electrons. The van der Waals surface area contributed by atoms with Crippen LogP contribution in [0.2, 0.25) is 0 Å². The molecule has 0 fully saturated rings. The van der Waals surface area contributed by atoms with Gasteiger partial charge in [-0.3, -0.25) is 4.79 Å². The molecule has 1 aromatic heterocycles. The summed E-state index contributed by atoms with van der Waals surface area (Å²) in [6.45, 7) is 9.52. The first kappa shape index (κ1) is 14.4. The van der Waals surface area contributed by atoms with Crippen molar-refractivity contribution in [1.29, 1.82) is 0 Å². The van der Waals surface area contributed by atoms with Gasteiger partial charge < -0.3 is 9.15 Å². The quantitative estimate of drug-likeness (QED) is 0.791. The van der Waals surface area contributed by atoms with Crippen LogP contribution >= 0.6 is 0 Å². The van der Waals surface area contributed by atoms with Crippen molar-refractivity contribution in [3.8, 4) is 5.75 Å². The van der Waals surface area contributed by atoms with E-state index in [4.69, 9.17) is 9.15 Å². The van der Waals surface area contributed by atoms with E-state index in [0.29, 0.717) is 16.9 Å². The van der Waals surface area contributed by atoms with Crippen LogP contribution in [0.4, 0.5) is 0 Å². The third-order valence-corrected chi connectivity index (χ3v) is 3.72. The molecule has 0 amide bonds. The van der Waals surface area contributed by atoms with E-state index in [1.165, 1.54) is 0 Å². The second-order valence-electron chi connectivity index (χ2n) is 5.19. The third-order valence-electron chi connectivity index (χ3n) is 3.72. The number of carbonyl (C=O) groups excluding carboxylic acids is 1. The molecule has 1 heterocycles. The van der Waals surface area contributed by atoms with E-state index >= 15 is 0 Å². The first-order valence-electron chi connectivity index (χ1n) is 6.63. The molecule has 0 unspecified atom stereocenters. The van der Waals surface area contributed by atoms with Crippen molar-refractivity contribution in [1.82, 2.24) is 0 Å². The van der Waals surface area contributed by atoms with E-state index in [1.807, 2.05) is 46.8 Å². The van der Waals surface area contributed by atoms with Gasteiger partial charge in [-0.05, 0) is 57.9 Å². The summed E-state index contributed by atoms with van der Waals surface area (Å²) in [5, 5.41) is 0. The fraction of sp³-hybridized carbons (Fsp3) is 0.353. The summed E-state index contributed by atoms with van der Waals surface area (Å²) in [7, 11) is 1.64. The summed E-state index contributed by atoms with van der Waals surface area (Å²) in [5.74, 6) is 2.31. The zero-order chi connectivity index (χ0) is 15.0. The lowest BCUT2D eigenvalue weighted by molar-refractivity contribution is 0.103. The normalized spacial score (nSPS) is 10.7. The minimum absolute atomic E-state index is 0.00528. The fourth-order valence-electron chi connectivity index (χ4n) is 2.68. The predicted molar refractivity (Wildman–Crippen MR) is 78.8 cm³/mol. The lowest BCUT2D eigenvalue weighted by Gasteiger charge is -2.11. The molecular weight excluding hydrogens is 252 g/mol. The minimum atomic E-state index is 0.00528. The largest absolute Gasteiger partial charge is 0.496 e. The number of ether oxygens (including phenoxy) is 1. The first-order chi connectivity index (χ1) is 9.36. The lowest BCUT2D eigenvalue weighted by atomic mass is 9.96. The molecule has 0 aliphatic rings. The molecule has 0 N–H and O–H groups in total. The molecule has 0 saturated carbocycles. The molecule has 20 heavy (non-hydrogen) atoms. The fourth-order valence-corrected chi connectivity index (χ4v) is 2.68. The van der Waals surface area contributed by atoms with Crippen molar-refractivity contribution in [3.63, 3.8) is 0 Å². The number of ketones is 1. The monoisotopic (exact) mass is 272 g/mol. The maximum atomic E-state index is 12.7. The van der Waals surface area contributed by atoms with Crippen LogP contribution in [0.25, 0.3) is 0 Å². The molecule has 3 heteroatoms. The Kier molecular flexibility index (Phi) is 3.71. The summed E-state index contributed by atoms with van der Waals surface area (Å²) in [4.78, 5) is 12.7. The maximum Gasteiger partial charge on any atom is 0.196 e. The second kappa shape index (κ2) is 5.16. The van der Waals surface area contributed by atoms with Crippen LogP contribution < -0.4 is 4.74 Å². The van der Waals surface area contributed by atoms with Gasteiger partial charge in [-0.25, -0.2) is 0 Å². The Morgan fingerprint density at radius 3 is 1.95 bits per heavy atom. The van der Waals surface area contributed by atoms with E-state index in [0.717, 1.165) is 28.2 Å². The van der Waals surface area contributed by atoms with Gasteiger partial charge in [-0.15, -0.1) is 0 Å². The molecule has 3 nitrogen and oxygen atoms in total. The molecule has 0 spiro atoms. The maximum absolute atomic E-state index is 12.7. The van der Waals surface area contributed by atoms with Crippen molar-refractivity contribution >= 4 is 5.78 Å². The van der Waals surface area contributed by atoms with Crippen molar-refractivity contribution in [2.24, 2.45) is 0 Å². The summed E-state index contributed by atoms with van der Waals surface area (Å²) >= 11 is 0. The number of furan rings is 1. The number of hydrogen-bond acceptors (Lipinski definition) is 3. The zero-order valence-electron chi connectivity index (χ0n) is 12.9. The highest BCUT2D eigenvalue weighted by Gasteiger charge is 2.21. The summed E-state index contributed by atoms with van der Waals surface area (Å²) in [6, 6.07) is 3.74. The average Bonchev–Trinajstić information content (AvgIpc) is 2.62. The molecule has 1 aromatic carbocycles. The van der Waals surface area contributed by atoms with Crippen molar-refractivity contribution in [3.05, 3.63) is 51.5 Å². The highest BCUT2D eigenvalue weighted by molar-refractivity contribution is 6.11. The van der Waals surface area contributed by atoms with Crippen LogP contribution in [0, 0.1) is 34.6 Å². The van der Waals surface area contributed by atoms with Crippen LogP contribution in [-0.2, 0) is 0 Å². The third kappa shape index (κ3) is 2.24. The van der Waals surface area contributed by atoms with E-state index < -0.39 is 0 Å². The zero-order valence-corrected chi connectivity index (χ0v) is 12.9. The van der Waals surface area contributed by atoms with Gasteiger partial charge in [0.2, 0.25) is 0 Å².